The largest absolute Gasteiger partial charge is 0.495 e. The van der Waals surface area contributed by atoms with Crippen molar-refractivity contribution in [2.45, 2.75) is 38.8 Å². The van der Waals surface area contributed by atoms with Crippen LogP contribution in [0.25, 0.3) is 0 Å². The Morgan fingerprint density at radius 1 is 0.952 bits per heavy atom. The zero-order valence-electron chi connectivity index (χ0n) is 23.6. The molecular weight excluding hydrogens is 621 g/mol. The molecule has 0 unspecified atom stereocenters. The van der Waals surface area contributed by atoms with Gasteiger partial charge in [-0.05, 0) is 47.9 Å². The number of anilines is 1. The molecule has 0 aliphatic rings. The molecule has 3 rings (SSSR count). The second-order valence-corrected chi connectivity index (χ2v) is 12.9. The number of nitrogens with zero attached hydrogens (tertiary/aromatic N) is 2. The van der Waals surface area contributed by atoms with E-state index in [0.717, 1.165) is 29.0 Å². The van der Waals surface area contributed by atoms with Crippen molar-refractivity contribution in [2.75, 3.05) is 30.8 Å². The number of ether oxygens (including phenoxy) is 1. The van der Waals surface area contributed by atoms with Crippen molar-refractivity contribution in [3.05, 3.63) is 92.9 Å². The van der Waals surface area contributed by atoms with Crippen molar-refractivity contribution < 1.29 is 22.7 Å². The lowest BCUT2D eigenvalue weighted by atomic mass is 10.0. The summed E-state index contributed by atoms with van der Waals surface area (Å²) in [5.74, 6) is -0.751. The van der Waals surface area contributed by atoms with Crippen molar-refractivity contribution in [1.29, 1.82) is 0 Å². The van der Waals surface area contributed by atoms with Crippen LogP contribution in [0.4, 0.5) is 5.69 Å². The summed E-state index contributed by atoms with van der Waals surface area (Å²) >= 11 is 18.6. The summed E-state index contributed by atoms with van der Waals surface area (Å²) in [5, 5.41) is 3.83. The van der Waals surface area contributed by atoms with Gasteiger partial charge < -0.3 is 15.0 Å². The highest BCUT2D eigenvalue weighted by Crippen LogP contribution is 2.33. The van der Waals surface area contributed by atoms with E-state index >= 15 is 0 Å². The molecule has 0 spiro atoms. The minimum atomic E-state index is -4.00. The third kappa shape index (κ3) is 9.26. The van der Waals surface area contributed by atoms with Crippen molar-refractivity contribution in [1.82, 2.24) is 10.2 Å². The number of methoxy groups -OCH3 is 1. The molecular formula is C30H34Cl3N3O5S. The smallest absolute Gasteiger partial charge is 0.244 e. The van der Waals surface area contributed by atoms with Gasteiger partial charge in [0.15, 0.2) is 0 Å². The van der Waals surface area contributed by atoms with Crippen molar-refractivity contribution in [2.24, 2.45) is 0 Å². The van der Waals surface area contributed by atoms with Crippen LogP contribution in [0.2, 0.25) is 15.1 Å². The number of nitrogens with one attached hydrogen (secondary N) is 1. The van der Waals surface area contributed by atoms with Gasteiger partial charge >= 0.3 is 0 Å². The Labute approximate surface area is 262 Å². The molecule has 3 aromatic rings. The Bertz CT molecular complexity index is 1490. The first kappa shape index (κ1) is 33.5. The summed E-state index contributed by atoms with van der Waals surface area (Å²) in [6.07, 6.45) is 2.83. The van der Waals surface area contributed by atoms with Crippen LogP contribution in [0, 0.1) is 0 Å². The number of carbonyl (C=O) groups is 2. The fraction of sp³-hybridized carbons (Fsp3) is 0.333. The Morgan fingerprint density at radius 2 is 1.67 bits per heavy atom. The maximum absolute atomic E-state index is 14.2. The number of unbranched alkanes of at least 4 members (excludes halogenated alkanes) is 1. The van der Waals surface area contributed by atoms with Gasteiger partial charge in [0.05, 0.1) is 29.1 Å². The van der Waals surface area contributed by atoms with Crippen molar-refractivity contribution in [3.8, 4) is 5.75 Å². The minimum absolute atomic E-state index is 0.0291. The van der Waals surface area contributed by atoms with Gasteiger partial charge in [-0.2, -0.15) is 0 Å². The first-order valence-corrected chi connectivity index (χ1v) is 16.3. The van der Waals surface area contributed by atoms with Gasteiger partial charge in [0.2, 0.25) is 21.8 Å². The summed E-state index contributed by atoms with van der Waals surface area (Å²) < 4.78 is 32.4. The lowest BCUT2D eigenvalue weighted by molar-refractivity contribution is -0.140. The number of halogens is 3. The summed E-state index contributed by atoms with van der Waals surface area (Å²) in [6, 6.07) is 17.8. The Kier molecular flexibility index (Phi) is 12.4. The van der Waals surface area contributed by atoms with Crippen LogP contribution < -0.4 is 14.4 Å². The molecule has 0 fully saturated rings. The maximum atomic E-state index is 14.2. The first-order chi connectivity index (χ1) is 19.9. The van der Waals surface area contributed by atoms with Gasteiger partial charge in [0.1, 0.15) is 18.3 Å². The predicted molar refractivity (Wildman–Crippen MR) is 169 cm³/mol. The molecule has 3 aromatic carbocycles. The van der Waals surface area contributed by atoms with Crippen LogP contribution in [0.1, 0.15) is 30.9 Å². The van der Waals surface area contributed by atoms with Crippen LogP contribution in [0.5, 0.6) is 5.75 Å². The number of hydrogen-bond donors (Lipinski definition) is 1. The molecule has 0 aromatic heterocycles. The average molecular weight is 655 g/mol. The highest BCUT2D eigenvalue weighted by atomic mass is 35.5. The Morgan fingerprint density at radius 3 is 2.29 bits per heavy atom. The van der Waals surface area contributed by atoms with E-state index in [2.05, 4.69) is 5.32 Å². The molecule has 0 aliphatic heterocycles. The summed E-state index contributed by atoms with van der Waals surface area (Å²) in [4.78, 5) is 29.2. The van der Waals surface area contributed by atoms with Crippen LogP contribution in [0.3, 0.4) is 0 Å². The van der Waals surface area contributed by atoms with E-state index in [1.165, 1.54) is 24.1 Å². The van der Waals surface area contributed by atoms with Gasteiger partial charge in [-0.25, -0.2) is 8.42 Å². The molecule has 0 aliphatic carbocycles. The van der Waals surface area contributed by atoms with E-state index in [9.17, 15) is 18.0 Å². The zero-order chi connectivity index (χ0) is 30.9. The van der Waals surface area contributed by atoms with Crippen molar-refractivity contribution in [3.63, 3.8) is 0 Å². The van der Waals surface area contributed by atoms with E-state index in [4.69, 9.17) is 39.5 Å². The highest BCUT2D eigenvalue weighted by Gasteiger charge is 2.33. The lowest BCUT2D eigenvalue weighted by Gasteiger charge is -2.34. The average Bonchev–Trinajstić information content (AvgIpc) is 2.95. The monoisotopic (exact) mass is 653 g/mol. The molecule has 0 radical (unpaired) electrons. The number of sulfonamides is 1. The zero-order valence-corrected chi connectivity index (χ0v) is 26.7. The fourth-order valence-electron chi connectivity index (χ4n) is 4.35. The molecule has 0 bridgehead atoms. The molecule has 226 valence electrons. The third-order valence-electron chi connectivity index (χ3n) is 6.53. The van der Waals surface area contributed by atoms with E-state index in [1.807, 2.05) is 37.3 Å². The van der Waals surface area contributed by atoms with Gasteiger partial charge in [0, 0.05) is 24.5 Å². The van der Waals surface area contributed by atoms with E-state index < -0.39 is 28.5 Å². The molecule has 42 heavy (non-hydrogen) atoms. The number of carbonyl (C=O) groups excluding carboxylic acids is 2. The molecule has 0 saturated heterocycles. The summed E-state index contributed by atoms with van der Waals surface area (Å²) in [7, 11) is -2.60. The van der Waals surface area contributed by atoms with Gasteiger partial charge in [-0.15, -0.1) is 0 Å². The normalized spacial score (nSPS) is 12.0. The molecule has 12 heteroatoms. The molecule has 8 nitrogen and oxygen atoms in total. The van der Waals surface area contributed by atoms with E-state index in [0.29, 0.717) is 17.1 Å². The lowest BCUT2D eigenvalue weighted by Crippen LogP contribution is -2.53. The second kappa shape index (κ2) is 15.5. The minimum Gasteiger partial charge on any atom is -0.495 e. The highest BCUT2D eigenvalue weighted by molar-refractivity contribution is 7.92. The first-order valence-electron chi connectivity index (χ1n) is 13.3. The predicted octanol–water partition coefficient (Wildman–Crippen LogP) is 5.98. The number of rotatable bonds is 14. The molecule has 2 amide bonds. The van der Waals surface area contributed by atoms with Gasteiger partial charge in [-0.3, -0.25) is 13.9 Å². The van der Waals surface area contributed by atoms with Gasteiger partial charge in [-0.1, -0.05) is 84.5 Å². The molecule has 0 heterocycles. The van der Waals surface area contributed by atoms with Crippen LogP contribution in [-0.2, 0) is 32.6 Å². The SMILES string of the molecule is CCCCNC(=O)[C@@H](Cc1ccccc1)N(Cc1ccc(Cl)c(Cl)c1)C(=O)CN(c1cc(Cl)ccc1OC)S(C)(=O)=O. The quantitative estimate of drug-likeness (QED) is 0.216. The number of benzene rings is 3. The molecule has 1 N–H and O–H groups in total. The summed E-state index contributed by atoms with van der Waals surface area (Å²) in [6.45, 7) is 1.81. The summed E-state index contributed by atoms with van der Waals surface area (Å²) in [5.41, 5.74) is 1.54. The number of hydrogen-bond acceptors (Lipinski definition) is 5. The van der Waals surface area contributed by atoms with E-state index in [-0.39, 0.29) is 40.4 Å². The second-order valence-electron chi connectivity index (χ2n) is 9.71. The van der Waals surface area contributed by atoms with E-state index in [1.54, 1.807) is 24.3 Å². The molecule has 0 saturated carbocycles. The number of amides is 2. The van der Waals surface area contributed by atoms with Crippen molar-refractivity contribution >= 4 is 62.3 Å². The topological polar surface area (TPSA) is 96.0 Å². The maximum Gasteiger partial charge on any atom is 0.244 e. The fourth-order valence-corrected chi connectivity index (χ4v) is 5.68. The standard InChI is InChI=1S/C30H34Cl3N3O5S/c1-4-5-15-34-30(38)27(17-21-9-7-6-8-10-21)35(19-22-11-13-24(32)25(33)16-22)29(37)20-36(42(3,39)40)26-18-23(31)12-14-28(26)41-2/h6-14,16,18,27H,4-5,15,17,19-20H2,1-3H3,(H,34,38)/t27-/m1/s1. The molecule has 1 atom stereocenters. The van der Waals surface area contributed by atoms with Crippen LogP contribution in [-0.4, -0.2) is 57.6 Å². The third-order valence-corrected chi connectivity index (χ3v) is 8.63. The van der Waals surface area contributed by atoms with Crippen LogP contribution in [0.15, 0.2) is 66.7 Å². The Hall–Kier alpha value is -2.98. The van der Waals surface area contributed by atoms with Crippen LogP contribution >= 0.6 is 34.8 Å². The Balaban J connectivity index is 2.10. The van der Waals surface area contributed by atoms with Gasteiger partial charge in [0.25, 0.3) is 0 Å².